The van der Waals surface area contributed by atoms with Gasteiger partial charge in [0.1, 0.15) is 0 Å². The molecule has 2 aromatic rings. The van der Waals surface area contributed by atoms with Crippen LogP contribution in [0.25, 0.3) is 5.69 Å². The average molecular weight is 273 g/mol. The van der Waals surface area contributed by atoms with Crippen LogP contribution in [-0.2, 0) is 4.74 Å². The number of hydrogen-bond donors (Lipinski definition) is 1. The normalized spacial score (nSPS) is 13.8. The van der Waals surface area contributed by atoms with E-state index in [2.05, 4.69) is 10.4 Å². The number of carbonyl (C=O) groups excluding carboxylic acids is 1. The zero-order valence-electron chi connectivity index (χ0n) is 11.9. The summed E-state index contributed by atoms with van der Waals surface area (Å²) in [5.74, 6) is -0.103. The van der Waals surface area contributed by atoms with Gasteiger partial charge in [0.15, 0.2) is 0 Å². The maximum absolute atomic E-state index is 12.1. The van der Waals surface area contributed by atoms with E-state index in [0.717, 1.165) is 5.69 Å². The number of aromatic nitrogens is 2. The zero-order valence-corrected chi connectivity index (χ0v) is 11.9. The van der Waals surface area contributed by atoms with Gasteiger partial charge in [-0.3, -0.25) is 4.79 Å². The molecule has 0 aliphatic carbocycles. The molecule has 0 unspecified atom stereocenters. The highest BCUT2D eigenvalue weighted by Gasteiger charge is 2.15. The van der Waals surface area contributed by atoms with Gasteiger partial charge in [0.05, 0.1) is 17.8 Å². The molecular weight excluding hydrogens is 254 g/mol. The van der Waals surface area contributed by atoms with Crippen molar-refractivity contribution in [1.29, 1.82) is 0 Å². The van der Waals surface area contributed by atoms with E-state index in [-0.39, 0.29) is 18.1 Å². The second-order valence-electron chi connectivity index (χ2n) is 4.70. The third-order valence-corrected chi connectivity index (χ3v) is 3.33. The number of carbonyl (C=O) groups is 1. The molecule has 0 spiro atoms. The summed E-state index contributed by atoms with van der Waals surface area (Å²) in [4.78, 5) is 12.1. The Morgan fingerprint density at radius 1 is 1.30 bits per heavy atom. The minimum absolute atomic E-state index is 0.0257. The first-order chi connectivity index (χ1) is 9.61. The lowest BCUT2D eigenvalue weighted by Gasteiger charge is -2.19. The van der Waals surface area contributed by atoms with Gasteiger partial charge in [-0.25, -0.2) is 4.68 Å². The van der Waals surface area contributed by atoms with Crippen molar-refractivity contribution in [2.75, 3.05) is 7.11 Å². The predicted octanol–water partition coefficient (Wildman–Crippen LogP) is 2.03. The summed E-state index contributed by atoms with van der Waals surface area (Å²) in [6.07, 6.45) is 3.55. The summed E-state index contributed by atoms with van der Waals surface area (Å²) in [6, 6.07) is 9.12. The summed E-state index contributed by atoms with van der Waals surface area (Å²) in [7, 11) is 1.63. The van der Waals surface area contributed by atoms with E-state index in [9.17, 15) is 4.79 Å². The summed E-state index contributed by atoms with van der Waals surface area (Å²) < 4.78 is 6.94. The van der Waals surface area contributed by atoms with E-state index < -0.39 is 0 Å². The van der Waals surface area contributed by atoms with Gasteiger partial charge in [0, 0.05) is 25.1 Å². The van der Waals surface area contributed by atoms with Crippen molar-refractivity contribution in [1.82, 2.24) is 15.1 Å². The molecule has 0 aliphatic rings. The van der Waals surface area contributed by atoms with Gasteiger partial charge >= 0.3 is 0 Å². The lowest BCUT2D eigenvalue weighted by atomic mass is 10.1. The van der Waals surface area contributed by atoms with Gasteiger partial charge in [0.25, 0.3) is 5.91 Å². The third kappa shape index (κ3) is 3.24. The maximum Gasteiger partial charge on any atom is 0.251 e. The Bertz CT molecular complexity index is 549. The molecule has 1 amide bonds. The minimum atomic E-state index is -0.103. The first kappa shape index (κ1) is 14.3. The van der Waals surface area contributed by atoms with Crippen molar-refractivity contribution in [2.45, 2.75) is 26.0 Å². The quantitative estimate of drug-likeness (QED) is 0.906. The molecule has 0 aliphatic heterocycles. The molecule has 5 nitrogen and oxygen atoms in total. The second kappa shape index (κ2) is 6.34. The molecule has 0 radical (unpaired) electrons. The first-order valence-corrected chi connectivity index (χ1v) is 6.55. The van der Waals surface area contributed by atoms with E-state index in [1.54, 1.807) is 30.1 Å². The monoisotopic (exact) mass is 273 g/mol. The number of rotatable bonds is 5. The largest absolute Gasteiger partial charge is 0.380 e. The maximum atomic E-state index is 12.1. The molecule has 2 rings (SSSR count). The van der Waals surface area contributed by atoms with Crippen LogP contribution < -0.4 is 5.32 Å². The van der Waals surface area contributed by atoms with Crippen LogP contribution in [0.3, 0.4) is 0 Å². The van der Waals surface area contributed by atoms with Gasteiger partial charge in [-0.05, 0) is 44.2 Å². The Labute approximate surface area is 118 Å². The van der Waals surface area contributed by atoms with Crippen LogP contribution in [0, 0.1) is 0 Å². The van der Waals surface area contributed by atoms with Crippen molar-refractivity contribution < 1.29 is 9.53 Å². The van der Waals surface area contributed by atoms with Gasteiger partial charge in [0.2, 0.25) is 0 Å². The number of benzene rings is 1. The molecular formula is C15H19N3O2. The highest BCUT2D eigenvalue weighted by molar-refractivity contribution is 5.94. The molecule has 1 heterocycles. The van der Waals surface area contributed by atoms with Gasteiger partial charge < -0.3 is 10.1 Å². The van der Waals surface area contributed by atoms with Crippen LogP contribution in [-0.4, -0.2) is 34.9 Å². The summed E-state index contributed by atoms with van der Waals surface area (Å²) >= 11 is 0. The number of nitrogens with one attached hydrogen (secondary N) is 1. The van der Waals surface area contributed by atoms with E-state index in [1.807, 2.05) is 38.2 Å². The fraction of sp³-hybridized carbons (Fsp3) is 0.333. The Balaban J connectivity index is 2.04. The van der Waals surface area contributed by atoms with Crippen LogP contribution in [0.15, 0.2) is 42.7 Å². The molecule has 0 bridgehead atoms. The molecule has 2 atom stereocenters. The van der Waals surface area contributed by atoms with Crippen LogP contribution in [0.5, 0.6) is 0 Å². The number of methoxy groups -OCH3 is 1. The van der Waals surface area contributed by atoms with Gasteiger partial charge in [-0.2, -0.15) is 5.10 Å². The Hall–Kier alpha value is -2.14. The summed E-state index contributed by atoms with van der Waals surface area (Å²) in [5, 5.41) is 7.06. The van der Waals surface area contributed by atoms with Crippen molar-refractivity contribution in [3.8, 4) is 5.69 Å². The third-order valence-electron chi connectivity index (χ3n) is 3.33. The number of nitrogens with zero attached hydrogens (tertiary/aromatic N) is 2. The van der Waals surface area contributed by atoms with Crippen molar-refractivity contribution in [3.05, 3.63) is 48.3 Å². The second-order valence-corrected chi connectivity index (χ2v) is 4.70. The van der Waals surface area contributed by atoms with E-state index >= 15 is 0 Å². The summed E-state index contributed by atoms with van der Waals surface area (Å²) in [5.41, 5.74) is 1.54. The smallest absolute Gasteiger partial charge is 0.251 e. The van der Waals surface area contributed by atoms with Gasteiger partial charge in [-0.15, -0.1) is 0 Å². The fourth-order valence-corrected chi connectivity index (χ4v) is 1.80. The van der Waals surface area contributed by atoms with E-state index in [0.29, 0.717) is 5.56 Å². The molecule has 20 heavy (non-hydrogen) atoms. The molecule has 1 aromatic carbocycles. The SMILES string of the molecule is CO[C@@H](C)[C@H](C)NC(=O)c1ccc(-n2cccn2)cc1. The van der Waals surface area contributed by atoms with Gasteiger partial charge in [-0.1, -0.05) is 0 Å². The van der Waals surface area contributed by atoms with Crippen molar-refractivity contribution in [2.24, 2.45) is 0 Å². The predicted molar refractivity (Wildman–Crippen MR) is 77.0 cm³/mol. The standard InChI is InChI=1S/C15H19N3O2/c1-11(12(2)20-3)17-15(19)13-5-7-14(8-6-13)18-10-4-9-16-18/h4-12H,1-3H3,(H,17,19)/t11-,12-/m0/s1. The van der Waals surface area contributed by atoms with E-state index in [1.165, 1.54) is 0 Å². The van der Waals surface area contributed by atoms with Crippen LogP contribution in [0.4, 0.5) is 0 Å². The molecule has 1 aromatic heterocycles. The fourth-order valence-electron chi connectivity index (χ4n) is 1.80. The number of hydrogen-bond acceptors (Lipinski definition) is 3. The highest BCUT2D eigenvalue weighted by atomic mass is 16.5. The lowest BCUT2D eigenvalue weighted by molar-refractivity contribution is 0.0735. The molecule has 5 heteroatoms. The van der Waals surface area contributed by atoms with Crippen LogP contribution in [0.1, 0.15) is 24.2 Å². The molecule has 0 saturated carbocycles. The highest BCUT2D eigenvalue weighted by Crippen LogP contribution is 2.09. The molecule has 1 N–H and O–H groups in total. The average Bonchev–Trinajstić information content (AvgIpc) is 3.00. The Kier molecular flexibility index (Phi) is 4.53. The lowest BCUT2D eigenvalue weighted by Crippen LogP contribution is -2.40. The van der Waals surface area contributed by atoms with Crippen LogP contribution >= 0.6 is 0 Å². The first-order valence-electron chi connectivity index (χ1n) is 6.55. The Morgan fingerprint density at radius 2 is 2.00 bits per heavy atom. The number of ether oxygens (including phenoxy) is 1. The topological polar surface area (TPSA) is 56.1 Å². The number of amides is 1. The molecule has 106 valence electrons. The summed E-state index contributed by atoms with van der Waals surface area (Å²) in [6.45, 7) is 3.84. The van der Waals surface area contributed by atoms with E-state index in [4.69, 9.17) is 4.74 Å². The zero-order chi connectivity index (χ0) is 14.5. The van der Waals surface area contributed by atoms with Crippen molar-refractivity contribution >= 4 is 5.91 Å². The molecule has 0 fully saturated rings. The van der Waals surface area contributed by atoms with Crippen LogP contribution in [0.2, 0.25) is 0 Å². The Morgan fingerprint density at radius 3 is 2.55 bits per heavy atom. The molecule has 0 saturated heterocycles. The van der Waals surface area contributed by atoms with Crippen molar-refractivity contribution in [3.63, 3.8) is 0 Å². The minimum Gasteiger partial charge on any atom is -0.380 e.